The molecule has 0 bridgehead atoms. The number of carbonyl (C=O) groups is 2. The summed E-state index contributed by atoms with van der Waals surface area (Å²) in [6, 6.07) is 0. The van der Waals surface area contributed by atoms with E-state index in [9.17, 15) is 9.59 Å². The van der Waals surface area contributed by atoms with E-state index in [4.69, 9.17) is 9.84 Å². The first-order valence-corrected chi connectivity index (χ1v) is 6.96. The molecule has 0 saturated carbocycles. The monoisotopic (exact) mass is 273 g/mol. The molecule has 0 rings (SSSR count). The van der Waals surface area contributed by atoms with Crippen molar-refractivity contribution in [3.63, 3.8) is 0 Å². The topological polar surface area (TPSA) is 75.6 Å². The Morgan fingerprint density at radius 3 is 2.32 bits per heavy atom. The highest BCUT2D eigenvalue weighted by Crippen LogP contribution is 2.11. The second-order valence-electron chi connectivity index (χ2n) is 5.77. The van der Waals surface area contributed by atoms with Crippen molar-refractivity contribution in [2.75, 3.05) is 6.54 Å². The molecule has 0 radical (unpaired) electrons. The molecular formula is C14H27NO4. The van der Waals surface area contributed by atoms with Crippen molar-refractivity contribution in [3.05, 3.63) is 0 Å². The Morgan fingerprint density at radius 2 is 1.84 bits per heavy atom. The molecule has 0 aromatic rings. The number of aliphatic carboxylic acids is 1. The van der Waals surface area contributed by atoms with Gasteiger partial charge in [-0.2, -0.15) is 0 Å². The fraction of sp³-hybridized carbons (Fsp3) is 0.857. The maximum Gasteiger partial charge on any atom is 0.407 e. The van der Waals surface area contributed by atoms with Gasteiger partial charge >= 0.3 is 12.1 Å². The number of amides is 1. The molecule has 0 aliphatic rings. The smallest absolute Gasteiger partial charge is 0.407 e. The first-order chi connectivity index (χ1) is 8.76. The highest BCUT2D eigenvalue weighted by Gasteiger charge is 2.20. The highest BCUT2D eigenvalue weighted by molar-refractivity contribution is 5.72. The Morgan fingerprint density at radius 1 is 1.21 bits per heavy atom. The summed E-state index contributed by atoms with van der Waals surface area (Å²) in [6.45, 7) is 7.54. The minimum Gasteiger partial charge on any atom is -0.481 e. The van der Waals surface area contributed by atoms with Gasteiger partial charge in [-0.3, -0.25) is 4.79 Å². The van der Waals surface area contributed by atoms with Gasteiger partial charge in [-0.1, -0.05) is 32.6 Å². The molecule has 0 aromatic heterocycles. The number of carbonyl (C=O) groups excluding carboxylic acids is 1. The largest absolute Gasteiger partial charge is 0.481 e. The molecule has 0 aromatic carbocycles. The third-order valence-electron chi connectivity index (χ3n) is 2.65. The minimum atomic E-state index is -0.868. The van der Waals surface area contributed by atoms with Gasteiger partial charge in [0.05, 0.1) is 5.92 Å². The molecule has 112 valence electrons. The summed E-state index contributed by atoms with van der Waals surface area (Å²) < 4.78 is 5.07. The first-order valence-electron chi connectivity index (χ1n) is 6.96. The van der Waals surface area contributed by atoms with Gasteiger partial charge < -0.3 is 15.2 Å². The summed E-state index contributed by atoms with van der Waals surface area (Å²) in [7, 11) is 0. The lowest BCUT2D eigenvalue weighted by Crippen LogP contribution is -2.37. The molecule has 5 heteroatoms. The Balaban J connectivity index is 4.01. The minimum absolute atomic E-state index is 0.121. The molecule has 0 aliphatic carbocycles. The molecule has 0 saturated heterocycles. The molecule has 0 spiro atoms. The lowest BCUT2D eigenvalue weighted by atomic mass is 10.0. The molecule has 1 atom stereocenters. The van der Waals surface area contributed by atoms with Crippen molar-refractivity contribution >= 4 is 12.1 Å². The van der Waals surface area contributed by atoms with Gasteiger partial charge in [0.15, 0.2) is 0 Å². The number of nitrogens with one attached hydrogen (secondary N) is 1. The van der Waals surface area contributed by atoms with E-state index in [-0.39, 0.29) is 6.54 Å². The van der Waals surface area contributed by atoms with E-state index in [2.05, 4.69) is 12.2 Å². The summed E-state index contributed by atoms with van der Waals surface area (Å²) in [5.74, 6) is -1.41. The van der Waals surface area contributed by atoms with E-state index in [0.29, 0.717) is 6.42 Å². The zero-order valence-corrected chi connectivity index (χ0v) is 12.5. The van der Waals surface area contributed by atoms with Crippen LogP contribution in [0.5, 0.6) is 0 Å². The van der Waals surface area contributed by atoms with Crippen LogP contribution in [0.1, 0.15) is 59.8 Å². The van der Waals surface area contributed by atoms with Crippen LogP contribution >= 0.6 is 0 Å². The number of alkyl carbamates (subject to hydrolysis) is 1. The molecule has 5 nitrogen and oxygen atoms in total. The van der Waals surface area contributed by atoms with Crippen LogP contribution in [0.25, 0.3) is 0 Å². The molecule has 2 N–H and O–H groups in total. The number of carboxylic acid groups (broad SMARTS) is 1. The lowest BCUT2D eigenvalue weighted by Gasteiger charge is -2.20. The Bertz CT molecular complexity index is 284. The van der Waals surface area contributed by atoms with Crippen LogP contribution in [0, 0.1) is 5.92 Å². The van der Waals surface area contributed by atoms with Crippen molar-refractivity contribution in [2.24, 2.45) is 5.92 Å². The second kappa shape index (κ2) is 8.77. The van der Waals surface area contributed by atoms with Gasteiger partial charge in [0, 0.05) is 6.54 Å². The van der Waals surface area contributed by atoms with Crippen molar-refractivity contribution in [2.45, 2.75) is 65.4 Å². The molecule has 0 heterocycles. The van der Waals surface area contributed by atoms with Crippen LogP contribution in [-0.4, -0.2) is 29.3 Å². The highest BCUT2D eigenvalue weighted by atomic mass is 16.6. The van der Waals surface area contributed by atoms with Crippen molar-refractivity contribution in [3.8, 4) is 0 Å². The number of hydrogen-bond donors (Lipinski definition) is 2. The summed E-state index contributed by atoms with van der Waals surface area (Å²) in [5.41, 5.74) is -0.566. The fourth-order valence-corrected chi connectivity index (χ4v) is 1.65. The van der Waals surface area contributed by atoms with Crippen LogP contribution in [-0.2, 0) is 9.53 Å². The second-order valence-corrected chi connectivity index (χ2v) is 5.77. The maximum absolute atomic E-state index is 11.4. The van der Waals surface area contributed by atoms with E-state index in [0.717, 1.165) is 25.7 Å². The fourth-order valence-electron chi connectivity index (χ4n) is 1.65. The summed E-state index contributed by atoms with van der Waals surface area (Å²) in [5, 5.41) is 11.6. The average Bonchev–Trinajstić information content (AvgIpc) is 2.25. The van der Waals surface area contributed by atoms with Crippen molar-refractivity contribution in [1.82, 2.24) is 5.32 Å². The number of carboxylic acids is 1. The van der Waals surface area contributed by atoms with Gasteiger partial charge in [-0.25, -0.2) is 4.79 Å². The van der Waals surface area contributed by atoms with Gasteiger partial charge in [0.1, 0.15) is 5.60 Å². The molecule has 1 amide bonds. The summed E-state index contributed by atoms with van der Waals surface area (Å²) in [6.07, 6.45) is 4.17. The summed E-state index contributed by atoms with van der Waals surface area (Å²) in [4.78, 5) is 22.5. The molecule has 0 aliphatic heterocycles. The van der Waals surface area contributed by atoms with Gasteiger partial charge in [-0.15, -0.1) is 0 Å². The number of ether oxygens (including phenoxy) is 1. The van der Waals surface area contributed by atoms with Crippen LogP contribution < -0.4 is 5.32 Å². The van der Waals surface area contributed by atoms with Crippen molar-refractivity contribution < 1.29 is 19.4 Å². The first kappa shape index (κ1) is 17.7. The predicted octanol–water partition coefficient (Wildman–Crippen LogP) is 3.18. The quantitative estimate of drug-likeness (QED) is 0.666. The average molecular weight is 273 g/mol. The lowest BCUT2D eigenvalue weighted by molar-refractivity contribution is -0.141. The molecule has 0 fully saturated rings. The molecule has 1 unspecified atom stereocenters. The number of hydrogen-bond acceptors (Lipinski definition) is 3. The van der Waals surface area contributed by atoms with E-state index < -0.39 is 23.6 Å². The Hall–Kier alpha value is -1.26. The van der Waals surface area contributed by atoms with Gasteiger partial charge in [0.25, 0.3) is 0 Å². The summed E-state index contributed by atoms with van der Waals surface area (Å²) >= 11 is 0. The van der Waals surface area contributed by atoms with Gasteiger partial charge in [0.2, 0.25) is 0 Å². The number of unbranched alkanes of at least 4 members (excludes halogenated alkanes) is 3. The third-order valence-corrected chi connectivity index (χ3v) is 2.65. The standard InChI is InChI=1S/C14H27NO4/c1-5-6-7-8-9-11(12(16)17)10-15-13(18)19-14(2,3)4/h11H,5-10H2,1-4H3,(H,15,18)(H,16,17). The maximum atomic E-state index is 11.4. The molecule has 19 heavy (non-hydrogen) atoms. The SMILES string of the molecule is CCCCCCC(CNC(=O)OC(C)(C)C)C(=O)O. The van der Waals surface area contributed by atoms with Crippen LogP contribution in [0.2, 0.25) is 0 Å². The predicted molar refractivity (Wildman–Crippen MR) is 74.1 cm³/mol. The normalized spacial score (nSPS) is 12.8. The Kier molecular flexibility index (Phi) is 8.19. The zero-order chi connectivity index (χ0) is 14.9. The third kappa shape index (κ3) is 10.4. The van der Waals surface area contributed by atoms with Crippen LogP contribution in [0.15, 0.2) is 0 Å². The van der Waals surface area contributed by atoms with E-state index in [1.165, 1.54) is 0 Å². The van der Waals surface area contributed by atoms with E-state index in [1.54, 1.807) is 20.8 Å². The zero-order valence-electron chi connectivity index (χ0n) is 12.5. The Labute approximate surface area is 115 Å². The van der Waals surface area contributed by atoms with Crippen LogP contribution in [0.4, 0.5) is 4.79 Å². The van der Waals surface area contributed by atoms with E-state index >= 15 is 0 Å². The van der Waals surface area contributed by atoms with Crippen LogP contribution in [0.3, 0.4) is 0 Å². The van der Waals surface area contributed by atoms with E-state index in [1.807, 2.05) is 0 Å². The number of rotatable bonds is 8. The van der Waals surface area contributed by atoms with Gasteiger partial charge in [-0.05, 0) is 27.2 Å². The van der Waals surface area contributed by atoms with Crippen molar-refractivity contribution in [1.29, 1.82) is 0 Å². The molecular weight excluding hydrogens is 246 g/mol.